The summed E-state index contributed by atoms with van der Waals surface area (Å²) in [5.74, 6) is 1.92. The normalized spacial score (nSPS) is 24.4. The average molecular weight is 585 g/mol. The van der Waals surface area contributed by atoms with Crippen molar-refractivity contribution in [2.24, 2.45) is 0 Å². The van der Waals surface area contributed by atoms with E-state index in [9.17, 15) is 9.90 Å². The fourth-order valence-corrected chi connectivity index (χ4v) is 5.93. The molecule has 0 aliphatic carbocycles. The second kappa shape index (κ2) is 11.5. The third-order valence-electron chi connectivity index (χ3n) is 7.90. The van der Waals surface area contributed by atoms with E-state index in [2.05, 4.69) is 0 Å². The van der Waals surface area contributed by atoms with Crippen molar-refractivity contribution in [3.63, 3.8) is 0 Å². The maximum atomic E-state index is 13.3. The maximum absolute atomic E-state index is 13.3. The molecular formula is C30H32O12. The molecule has 3 aliphatic heterocycles. The molecule has 3 aromatic carbocycles. The molecule has 12 heteroatoms. The fourth-order valence-electron chi connectivity index (χ4n) is 5.93. The second-order valence-corrected chi connectivity index (χ2v) is 9.90. The number of benzene rings is 3. The molecule has 224 valence electrons. The summed E-state index contributed by atoms with van der Waals surface area (Å²) in [6, 6.07) is 9.05. The Morgan fingerprint density at radius 1 is 0.810 bits per heavy atom. The van der Waals surface area contributed by atoms with Gasteiger partial charge in [0, 0.05) is 37.8 Å². The van der Waals surface area contributed by atoms with Crippen molar-refractivity contribution in [1.82, 2.24) is 0 Å². The largest absolute Gasteiger partial charge is 0.493 e. The Kier molecular flexibility index (Phi) is 7.73. The van der Waals surface area contributed by atoms with E-state index in [0.717, 1.165) is 0 Å². The number of hydrogen-bond donors (Lipinski definition) is 1. The van der Waals surface area contributed by atoms with Crippen LogP contribution < -0.4 is 23.7 Å². The number of fused-ring (bicyclic) bond motifs is 3. The van der Waals surface area contributed by atoms with Crippen LogP contribution in [0.25, 0.3) is 21.9 Å². The Labute approximate surface area is 241 Å². The van der Waals surface area contributed by atoms with Crippen molar-refractivity contribution in [2.75, 3.05) is 48.9 Å². The minimum Gasteiger partial charge on any atom is -0.493 e. The summed E-state index contributed by atoms with van der Waals surface area (Å²) in [6.07, 6.45) is -3.81. The van der Waals surface area contributed by atoms with Crippen LogP contribution in [0.5, 0.6) is 28.7 Å². The topological polar surface area (TPSA) is 130 Å². The zero-order chi connectivity index (χ0) is 29.5. The zero-order valence-corrected chi connectivity index (χ0v) is 23.8. The molecule has 1 saturated heterocycles. The van der Waals surface area contributed by atoms with Crippen LogP contribution in [0.3, 0.4) is 0 Å². The lowest BCUT2D eigenvalue weighted by atomic mass is 9.89. The molecule has 5 atom stereocenters. The van der Waals surface area contributed by atoms with E-state index in [-0.39, 0.29) is 20.0 Å². The van der Waals surface area contributed by atoms with Crippen LogP contribution in [-0.2, 0) is 30.3 Å². The van der Waals surface area contributed by atoms with E-state index in [1.165, 1.54) is 35.5 Å². The number of aliphatic hydroxyl groups is 1. The van der Waals surface area contributed by atoms with Crippen LogP contribution in [0.1, 0.15) is 15.9 Å². The summed E-state index contributed by atoms with van der Waals surface area (Å²) in [4.78, 5) is 13.3. The Balaban J connectivity index is 1.58. The molecule has 6 rings (SSSR count). The van der Waals surface area contributed by atoms with E-state index >= 15 is 0 Å². The minimum absolute atomic E-state index is 0.0342. The summed E-state index contributed by atoms with van der Waals surface area (Å²) in [6.45, 7) is -0.266. The van der Waals surface area contributed by atoms with Gasteiger partial charge in [-0.3, -0.25) is 0 Å². The SMILES string of the molecule is COc1cc2c(OC3OC(CO)C(OC)C(OC)C3OC)c3c(c(-c4ccc5c(c4)OCO5)c2cc1OC)C(=O)OC3. The predicted octanol–water partition coefficient (Wildman–Crippen LogP) is 3.06. The van der Waals surface area contributed by atoms with Gasteiger partial charge in [-0.05, 0) is 35.2 Å². The minimum atomic E-state index is -1.05. The number of aliphatic hydroxyl groups excluding tert-OH is 1. The molecule has 1 N–H and O–H groups in total. The maximum Gasteiger partial charge on any atom is 0.339 e. The number of cyclic esters (lactones) is 1. The lowest BCUT2D eigenvalue weighted by Crippen LogP contribution is -2.61. The number of hydrogen-bond acceptors (Lipinski definition) is 12. The van der Waals surface area contributed by atoms with Gasteiger partial charge in [0.15, 0.2) is 23.0 Å². The Hall–Kier alpha value is -3.81. The third-order valence-corrected chi connectivity index (χ3v) is 7.90. The fraction of sp³-hybridized carbons (Fsp3) is 0.433. The Morgan fingerprint density at radius 2 is 1.50 bits per heavy atom. The van der Waals surface area contributed by atoms with Crippen molar-refractivity contribution in [2.45, 2.75) is 37.3 Å². The van der Waals surface area contributed by atoms with Gasteiger partial charge in [-0.25, -0.2) is 4.79 Å². The summed E-state index contributed by atoms with van der Waals surface area (Å²) in [7, 11) is 7.61. The summed E-state index contributed by atoms with van der Waals surface area (Å²) in [5, 5.41) is 11.3. The lowest BCUT2D eigenvalue weighted by Gasteiger charge is -2.44. The lowest BCUT2D eigenvalue weighted by molar-refractivity contribution is -0.291. The standard InChI is InChI=1S/C30H32O12/c1-33-19-9-15-16(10-20(19)34-2)25(42-30-28(37-5)27(36-4)26(35-3)22(11-31)41-30)17-12-38-29(32)24(17)23(15)14-6-7-18-21(8-14)40-13-39-18/h6-10,22,26-28,30-31H,11-13H2,1-5H3. The van der Waals surface area contributed by atoms with Gasteiger partial charge in [0.05, 0.1) is 26.4 Å². The van der Waals surface area contributed by atoms with Gasteiger partial charge in [-0.15, -0.1) is 0 Å². The number of rotatable bonds is 9. The smallest absolute Gasteiger partial charge is 0.339 e. The first-order chi connectivity index (χ1) is 20.5. The molecule has 3 aromatic rings. The van der Waals surface area contributed by atoms with E-state index in [0.29, 0.717) is 61.8 Å². The number of carbonyl (C=O) groups is 1. The number of ether oxygens (including phenoxy) is 10. The number of methoxy groups -OCH3 is 5. The van der Waals surface area contributed by atoms with Crippen LogP contribution in [0.2, 0.25) is 0 Å². The van der Waals surface area contributed by atoms with Gasteiger partial charge in [-0.2, -0.15) is 0 Å². The molecule has 12 nitrogen and oxygen atoms in total. The molecule has 0 aromatic heterocycles. The highest BCUT2D eigenvalue weighted by Crippen LogP contribution is 2.50. The average Bonchev–Trinajstić information content (AvgIpc) is 3.65. The van der Waals surface area contributed by atoms with Gasteiger partial charge in [0.1, 0.15) is 36.8 Å². The molecule has 0 bridgehead atoms. The van der Waals surface area contributed by atoms with Crippen LogP contribution in [0.15, 0.2) is 30.3 Å². The summed E-state index contributed by atoms with van der Waals surface area (Å²) < 4.78 is 57.8. The van der Waals surface area contributed by atoms with Crippen LogP contribution in [0, 0.1) is 0 Å². The van der Waals surface area contributed by atoms with Crippen LogP contribution >= 0.6 is 0 Å². The third kappa shape index (κ3) is 4.46. The van der Waals surface area contributed by atoms with Gasteiger partial charge in [0.25, 0.3) is 0 Å². The summed E-state index contributed by atoms with van der Waals surface area (Å²) in [5.41, 5.74) is 2.19. The van der Waals surface area contributed by atoms with E-state index in [1.54, 1.807) is 18.2 Å². The molecule has 5 unspecified atom stereocenters. The molecule has 0 saturated carbocycles. The quantitative estimate of drug-likeness (QED) is 0.371. The number of esters is 1. The van der Waals surface area contributed by atoms with Crippen molar-refractivity contribution >= 4 is 16.7 Å². The molecule has 42 heavy (non-hydrogen) atoms. The first-order valence-electron chi connectivity index (χ1n) is 13.3. The predicted molar refractivity (Wildman–Crippen MR) is 146 cm³/mol. The second-order valence-electron chi connectivity index (χ2n) is 9.90. The molecule has 1 fully saturated rings. The molecule has 0 amide bonds. The van der Waals surface area contributed by atoms with Crippen LogP contribution in [0.4, 0.5) is 0 Å². The first-order valence-corrected chi connectivity index (χ1v) is 13.3. The highest BCUT2D eigenvalue weighted by atomic mass is 16.7. The van der Waals surface area contributed by atoms with Gasteiger partial charge >= 0.3 is 5.97 Å². The van der Waals surface area contributed by atoms with E-state index < -0.39 is 36.7 Å². The van der Waals surface area contributed by atoms with E-state index in [4.69, 9.17) is 47.4 Å². The monoisotopic (exact) mass is 584 g/mol. The Bertz CT molecular complexity index is 1500. The molecule has 3 aliphatic rings. The number of carbonyl (C=O) groups excluding carboxylic acids is 1. The van der Waals surface area contributed by atoms with E-state index in [1.807, 2.05) is 12.1 Å². The van der Waals surface area contributed by atoms with Gasteiger partial charge in [0.2, 0.25) is 13.1 Å². The van der Waals surface area contributed by atoms with Crippen molar-refractivity contribution in [3.05, 3.63) is 41.5 Å². The van der Waals surface area contributed by atoms with Crippen LogP contribution in [-0.4, -0.2) is 90.7 Å². The summed E-state index contributed by atoms with van der Waals surface area (Å²) >= 11 is 0. The molecule has 3 heterocycles. The van der Waals surface area contributed by atoms with Crippen molar-refractivity contribution in [3.8, 4) is 39.9 Å². The highest BCUT2D eigenvalue weighted by molar-refractivity contribution is 6.14. The first kappa shape index (κ1) is 28.3. The highest BCUT2D eigenvalue weighted by Gasteiger charge is 2.49. The molecular weight excluding hydrogens is 552 g/mol. The van der Waals surface area contributed by atoms with Gasteiger partial charge < -0.3 is 52.5 Å². The molecule has 0 spiro atoms. The van der Waals surface area contributed by atoms with Crippen molar-refractivity contribution < 1.29 is 57.3 Å². The Morgan fingerprint density at radius 3 is 2.17 bits per heavy atom. The molecule has 0 radical (unpaired) electrons. The zero-order valence-electron chi connectivity index (χ0n) is 23.8. The van der Waals surface area contributed by atoms with Crippen molar-refractivity contribution in [1.29, 1.82) is 0 Å². The van der Waals surface area contributed by atoms with Gasteiger partial charge in [-0.1, -0.05) is 6.07 Å².